The molecule has 0 saturated heterocycles. The molecule has 2 rings (SSSR count). The van der Waals surface area contributed by atoms with Gasteiger partial charge in [-0.2, -0.15) is 0 Å². The average Bonchev–Trinajstić information content (AvgIpc) is 2.82. The Bertz CT molecular complexity index is 312. The van der Waals surface area contributed by atoms with Gasteiger partial charge in [0, 0.05) is 13.6 Å². The molecule has 1 aliphatic carbocycles. The molecular weight excluding hydrogens is 242 g/mol. The van der Waals surface area contributed by atoms with E-state index in [0.29, 0.717) is 0 Å². The molecule has 1 heterocycles. The van der Waals surface area contributed by atoms with E-state index in [4.69, 9.17) is 0 Å². The summed E-state index contributed by atoms with van der Waals surface area (Å²) < 4.78 is 0.787. The van der Waals surface area contributed by atoms with Crippen LogP contribution in [0.3, 0.4) is 0 Å². The van der Waals surface area contributed by atoms with Crippen LogP contribution in [0.2, 0.25) is 0 Å². The molecule has 14 heavy (non-hydrogen) atoms. The van der Waals surface area contributed by atoms with Gasteiger partial charge in [-0.25, -0.2) is 9.97 Å². The summed E-state index contributed by atoms with van der Waals surface area (Å²) >= 11 is 3.28. The summed E-state index contributed by atoms with van der Waals surface area (Å²) in [6.45, 7) is 3.39. The van der Waals surface area contributed by atoms with Gasteiger partial charge in [-0.05, 0) is 34.2 Å². The number of hydrogen-bond acceptors (Lipinski definition) is 3. The van der Waals surface area contributed by atoms with Crippen LogP contribution in [0.4, 0.5) is 5.82 Å². The maximum Gasteiger partial charge on any atom is 0.146 e. The van der Waals surface area contributed by atoms with E-state index < -0.39 is 0 Å². The second-order valence-corrected chi connectivity index (χ2v) is 4.86. The standard InChI is InChI=1S/C10H14BrN3/c1-7-3-8(7)6-14(2)10-5-12-9(11)4-13-10/h4-5,7-8H,3,6H2,1-2H3. The number of aromatic nitrogens is 2. The highest BCUT2D eigenvalue weighted by Gasteiger charge is 2.33. The van der Waals surface area contributed by atoms with Crippen LogP contribution in [0.5, 0.6) is 0 Å². The molecule has 0 aromatic carbocycles. The van der Waals surface area contributed by atoms with Gasteiger partial charge in [0.05, 0.1) is 12.4 Å². The predicted molar refractivity (Wildman–Crippen MR) is 60.3 cm³/mol. The fourth-order valence-electron chi connectivity index (χ4n) is 1.60. The van der Waals surface area contributed by atoms with E-state index in [9.17, 15) is 0 Å². The van der Waals surface area contributed by atoms with Crippen molar-refractivity contribution in [3.63, 3.8) is 0 Å². The molecule has 0 bridgehead atoms. The third-order valence-electron chi connectivity index (χ3n) is 2.78. The van der Waals surface area contributed by atoms with E-state index in [0.717, 1.165) is 28.8 Å². The van der Waals surface area contributed by atoms with Crippen molar-refractivity contribution in [2.75, 3.05) is 18.5 Å². The third-order valence-corrected chi connectivity index (χ3v) is 3.19. The minimum atomic E-state index is 0.787. The van der Waals surface area contributed by atoms with Gasteiger partial charge >= 0.3 is 0 Å². The van der Waals surface area contributed by atoms with Crippen LogP contribution in [0.15, 0.2) is 17.0 Å². The number of rotatable bonds is 3. The first-order valence-electron chi connectivity index (χ1n) is 4.85. The molecule has 0 amide bonds. The van der Waals surface area contributed by atoms with Crippen molar-refractivity contribution in [1.82, 2.24) is 9.97 Å². The minimum absolute atomic E-state index is 0.787. The minimum Gasteiger partial charge on any atom is -0.358 e. The van der Waals surface area contributed by atoms with Crippen molar-refractivity contribution in [2.24, 2.45) is 11.8 Å². The second-order valence-electron chi connectivity index (χ2n) is 4.05. The number of hydrogen-bond donors (Lipinski definition) is 0. The zero-order chi connectivity index (χ0) is 10.1. The Morgan fingerprint density at radius 2 is 2.21 bits per heavy atom. The second kappa shape index (κ2) is 3.85. The van der Waals surface area contributed by atoms with E-state index >= 15 is 0 Å². The summed E-state index contributed by atoms with van der Waals surface area (Å²) in [5.41, 5.74) is 0. The lowest BCUT2D eigenvalue weighted by Gasteiger charge is -2.17. The summed E-state index contributed by atoms with van der Waals surface area (Å²) in [5, 5.41) is 0. The van der Waals surface area contributed by atoms with Crippen LogP contribution in [0.25, 0.3) is 0 Å². The molecule has 1 saturated carbocycles. The van der Waals surface area contributed by atoms with E-state index in [2.05, 4.69) is 44.8 Å². The monoisotopic (exact) mass is 255 g/mol. The first kappa shape index (κ1) is 9.90. The molecule has 1 aromatic heterocycles. The largest absolute Gasteiger partial charge is 0.358 e. The highest BCUT2D eigenvalue weighted by Crippen LogP contribution is 2.38. The van der Waals surface area contributed by atoms with Crippen molar-refractivity contribution in [3.05, 3.63) is 17.0 Å². The Morgan fingerprint density at radius 3 is 2.71 bits per heavy atom. The molecule has 1 aromatic rings. The van der Waals surface area contributed by atoms with E-state index in [1.54, 1.807) is 12.4 Å². The number of nitrogens with zero attached hydrogens (tertiary/aromatic N) is 3. The first-order valence-corrected chi connectivity index (χ1v) is 5.65. The molecule has 0 radical (unpaired) electrons. The fourth-order valence-corrected chi connectivity index (χ4v) is 1.81. The SMILES string of the molecule is CC1CC1CN(C)c1cnc(Br)cn1. The van der Waals surface area contributed by atoms with Crippen LogP contribution in [0, 0.1) is 11.8 Å². The molecule has 0 N–H and O–H groups in total. The summed E-state index contributed by atoms with van der Waals surface area (Å²) in [6, 6.07) is 0. The molecule has 0 aliphatic heterocycles. The molecule has 0 spiro atoms. The molecule has 1 fully saturated rings. The highest BCUT2D eigenvalue weighted by atomic mass is 79.9. The van der Waals surface area contributed by atoms with Crippen molar-refractivity contribution in [3.8, 4) is 0 Å². The third kappa shape index (κ3) is 2.23. The van der Waals surface area contributed by atoms with E-state index in [1.807, 2.05) is 0 Å². The Kier molecular flexibility index (Phi) is 2.72. The normalized spacial score (nSPS) is 24.8. The van der Waals surface area contributed by atoms with E-state index in [1.165, 1.54) is 6.42 Å². The van der Waals surface area contributed by atoms with Gasteiger partial charge < -0.3 is 4.90 Å². The van der Waals surface area contributed by atoms with Gasteiger partial charge in [0.1, 0.15) is 10.4 Å². The lowest BCUT2D eigenvalue weighted by atomic mass is 10.3. The lowest BCUT2D eigenvalue weighted by molar-refractivity contribution is 0.718. The zero-order valence-corrected chi connectivity index (χ0v) is 10.0. The summed E-state index contributed by atoms with van der Waals surface area (Å²) in [7, 11) is 2.07. The van der Waals surface area contributed by atoms with Gasteiger partial charge in [-0.1, -0.05) is 6.92 Å². The van der Waals surface area contributed by atoms with Gasteiger partial charge in [0.15, 0.2) is 0 Å². The number of anilines is 1. The predicted octanol–water partition coefficient (Wildman–Crippen LogP) is 2.33. The smallest absolute Gasteiger partial charge is 0.146 e. The van der Waals surface area contributed by atoms with Crippen LogP contribution >= 0.6 is 15.9 Å². The number of halogens is 1. The van der Waals surface area contributed by atoms with Crippen LogP contribution in [-0.4, -0.2) is 23.6 Å². The Balaban J connectivity index is 1.96. The van der Waals surface area contributed by atoms with Gasteiger partial charge in [-0.3, -0.25) is 0 Å². The van der Waals surface area contributed by atoms with Crippen molar-refractivity contribution in [2.45, 2.75) is 13.3 Å². The average molecular weight is 256 g/mol. The molecule has 2 atom stereocenters. The molecule has 2 unspecified atom stereocenters. The molecule has 76 valence electrons. The van der Waals surface area contributed by atoms with Gasteiger partial charge in [0.25, 0.3) is 0 Å². The zero-order valence-electron chi connectivity index (χ0n) is 8.44. The topological polar surface area (TPSA) is 29.0 Å². The summed E-state index contributed by atoms with van der Waals surface area (Å²) in [5.74, 6) is 2.69. The quantitative estimate of drug-likeness (QED) is 0.831. The Labute approximate surface area is 92.7 Å². The van der Waals surface area contributed by atoms with Crippen molar-refractivity contribution >= 4 is 21.7 Å². The first-order chi connectivity index (χ1) is 6.66. The van der Waals surface area contributed by atoms with Crippen molar-refractivity contribution < 1.29 is 0 Å². The van der Waals surface area contributed by atoms with Gasteiger partial charge in [0.2, 0.25) is 0 Å². The Hall–Kier alpha value is -0.640. The van der Waals surface area contributed by atoms with Gasteiger partial charge in [-0.15, -0.1) is 0 Å². The maximum absolute atomic E-state index is 4.30. The van der Waals surface area contributed by atoms with Crippen molar-refractivity contribution in [1.29, 1.82) is 0 Å². The van der Waals surface area contributed by atoms with E-state index in [-0.39, 0.29) is 0 Å². The fraction of sp³-hybridized carbons (Fsp3) is 0.600. The van der Waals surface area contributed by atoms with Crippen LogP contribution in [0.1, 0.15) is 13.3 Å². The van der Waals surface area contributed by atoms with Crippen LogP contribution < -0.4 is 4.90 Å². The Morgan fingerprint density at radius 1 is 1.50 bits per heavy atom. The molecule has 1 aliphatic rings. The molecule has 4 heteroatoms. The summed E-state index contributed by atoms with van der Waals surface area (Å²) in [4.78, 5) is 10.6. The van der Waals surface area contributed by atoms with Crippen LogP contribution in [-0.2, 0) is 0 Å². The maximum atomic E-state index is 4.30. The summed E-state index contributed by atoms with van der Waals surface area (Å²) in [6.07, 6.45) is 4.90. The highest BCUT2D eigenvalue weighted by molar-refractivity contribution is 9.10. The molecular formula is C10H14BrN3. The lowest BCUT2D eigenvalue weighted by Crippen LogP contribution is -2.21. The molecule has 3 nitrogen and oxygen atoms in total.